The Kier molecular flexibility index (Phi) is 24.0. The maximum Gasteiger partial charge on any atom is 0.305 e. The van der Waals surface area contributed by atoms with Gasteiger partial charge in [-0.05, 0) is 69.2 Å². The summed E-state index contributed by atoms with van der Waals surface area (Å²) in [4.78, 5) is 68.4. The van der Waals surface area contributed by atoms with E-state index in [0.717, 1.165) is 0 Å². The molecule has 49 heavy (non-hydrogen) atoms. The number of carboxylic acid groups (broad SMARTS) is 2. The number of carbonyl (C=O) groups excluding carboxylic acids is 4. The maximum absolute atomic E-state index is 12.0. The van der Waals surface area contributed by atoms with Crippen LogP contribution in [0.2, 0.25) is 0 Å². The van der Waals surface area contributed by atoms with Gasteiger partial charge in [0.15, 0.2) is 0 Å². The van der Waals surface area contributed by atoms with Crippen molar-refractivity contribution in [2.45, 2.75) is 137 Å². The molecule has 0 radical (unpaired) electrons. The van der Waals surface area contributed by atoms with E-state index in [1.165, 1.54) is 0 Å². The summed E-state index contributed by atoms with van der Waals surface area (Å²) < 4.78 is 0.00698. The second-order valence-electron chi connectivity index (χ2n) is 13.4. The molecule has 4 amide bonds. The summed E-state index contributed by atoms with van der Waals surface area (Å²) in [7, 11) is 0. The van der Waals surface area contributed by atoms with Crippen LogP contribution in [0.15, 0.2) is 0 Å². The lowest BCUT2D eigenvalue weighted by molar-refractivity contribution is -0.141. The fraction of sp³-hybridized carbons (Fsp3) is 0.786. The predicted molar refractivity (Wildman–Crippen MR) is 189 cm³/mol. The molecule has 0 aromatic rings. The van der Waals surface area contributed by atoms with E-state index in [2.05, 4.69) is 76.7 Å². The maximum atomic E-state index is 12.0. The topological polar surface area (TPSA) is 401 Å². The van der Waals surface area contributed by atoms with Crippen LogP contribution in [0.4, 0.5) is 0 Å². The van der Waals surface area contributed by atoms with Gasteiger partial charge in [-0.3, -0.25) is 39.4 Å². The van der Waals surface area contributed by atoms with Crippen LogP contribution in [0, 0.1) is 0 Å². The van der Waals surface area contributed by atoms with E-state index in [1.54, 1.807) is 13.8 Å². The highest BCUT2D eigenvalue weighted by molar-refractivity contribution is 8.03. The quantitative estimate of drug-likeness (QED) is 0.0943. The van der Waals surface area contributed by atoms with Crippen molar-refractivity contribution in [3.63, 3.8) is 0 Å². The van der Waals surface area contributed by atoms with Gasteiger partial charge in [-0.15, -0.1) is 23.5 Å². The predicted octanol–water partition coefficient (Wildman–Crippen LogP) is -3.96. The molecule has 0 unspecified atom stereocenters. The number of amides is 4. The van der Waals surface area contributed by atoms with Crippen LogP contribution in [-0.2, 0) is 28.8 Å². The van der Waals surface area contributed by atoms with E-state index in [0.29, 0.717) is 0 Å². The smallest absolute Gasteiger partial charge is 0.305 e. The molecule has 21 heteroatoms. The first-order valence-electron chi connectivity index (χ1n) is 14.3. The zero-order chi connectivity index (χ0) is 34.6. The molecule has 0 aromatic carbocycles. The molecule has 0 aliphatic carbocycles. The summed E-state index contributed by atoms with van der Waals surface area (Å²) in [5.41, 5.74) is 10.8. The van der Waals surface area contributed by atoms with Crippen LogP contribution < -0.4 is 32.7 Å². The summed E-state index contributed by atoms with van der Waals surface area (Å²) in [6.45, 7) is 20.1. The first-order chi connectivity index (χ1) is 19.7. The van der Waals surface area contributed by atoms with E-state index < -0.39 is 72.6 Å². The largest absolute Gasteiger partial charge is 0.481 e. The normalized spacial score (nSPS) is 20.0. The fourth-order valence-corrected chi connectivity index (χ4v) is 10.1. The number of aliphatic carboxylic acids is 2. The van der Waals surface area contributed by atoms with Crippen molar-refractivity contribution in [1.82, 2.24) is 21.3 Å². The molecule has 4 atom stereocenters. The van der Waals surface area contributed by atoms with Gasteiger partial charge in [0, 0.05) is 31.1 Å². The third-order valence-electron chi connectivity index (χ3n) is 7.41. The van der Waals surface area contributed by atoms with Crippen molar-refractivity contribution in [2.24, 2.45) is 11.5 Å². The molecule has 2 heterocycles. The van der Waals surface area contributed by atoms with Gasteiger partial charge in [0.25, 0.3) is 0 Å². The number of imide groups is 2. The number of rotatable bonds is 12. The zero-order valence-corrected chi connectivity index (χ0v) is 31.3. The Morgan fingerprint density at radius 2 is 0.776 bits per heavy atom. The van der Waals surface area contributed by atoms with Crippen molar-refractivity contribution < 1.29 is 66.4 Å². The minimum absolute atomic E-state index is 0. The minimum atomic E-state index is -1.24. The lowest BCUT2D eigenvalue weighted by Gasteiger charge is -2.57. The van der Waals surface area contributed by atoms with Crippen molar-refractivity contribution in [3.05, 3.63) is 0 Å². The highest BCUT2D eigenvalue weighted by atomic mass is 32.2. The molecule has 0 bridgehead atoms. The fourth-order valence-electron chi connectivity index (χ4n) is 5.81. The average Bonchev–Trinajstić information content (AvgIpc) is 2.83. The molecule has 2 rings (SSSR count). The van der Waals surface area contributed by atoms with Crippen LogP contribution in [0.1, 0.15) is 82.1 Å². The Morgan fingerprint density at radius 1 is 0.551 bits per heavy atom. The minimum Gasteiger partial charge on any atom is -0.481 e. The Hall–Kier alpha value is -2.44. The molecule has 0 spiro atoms. The average molecular weight is 753 g/mol. The molecule has 2 aliphatic rings. The summed E-state index contributed by atoms with van der Waals surface area (Å²) in [5, 5.41) is 28.0. The number of nitrogens with one attached hydrogen (secondary N) is 4. The van der Waals surface area contributed by atoms with E-state index in [1.807, 2.05) is 23.5 Å². The molecule has 292 valence electrons. The van der Waals surface area contributed by atoms with Crippen molar-refractivity contribution in [1.29, 1.82) is 0 Å². The standard InChI is InChI=1S/2C14H25N3O4S.5H2O/c2*1-7(16-12-13(2,3)22-14(12,4)5)10(20)17-11(21)8(15)6-9(18)19;;;;;/h2*7-8,12,16H,6,15H2,1-5H3,(H,18,19)(H,17,20,21);5*1H2/t2*7-,8+;;;;;/m11...../s1. The summed E-state index contributed by atoms with van der Waals surface area (Å²) >= 11 is 3.66. The Balaban J connectivity index is -0.000000239. The zero-order valence-electron chi connectivity index (χ0n) is 29.7. The lowest BCUT2D eigenvalue weighted by atomic mass is 9.88. The molecule has 0 saturated carbocycles. The first-order valence-corrected chi connectivity index (χ1v) is 15.9. The number of thioether (sulfide) groups is 2. The molecular weight excluding hydrogens is 692 g/mol. The van der Waals surface area contributed by atoms with Crippen LogP contribution >= 0.6 is 23.5 Å². The van der Waals surface area contributed by atoms with Gasteiger partial charge in [0.05, 0.1) is 37.0 Å². The van der Waals surface area contributed by atoms with Crippen LogP contribution in [0.5, 0.6) is 0 Å². The number of hydrogen-bond donors (Lipinski definition) is 8. The van der Waals surface area contributed by atoms with Gasteiger partial charge < -0.3 is 59.7 Å². The van der Waals surface area contributed by atoms with Crippen LogP contribution in [0.25, 0.3) is 0 Å². The van der Waals surface area contributed by atoms with Gasteiger partial charge in [0.2, 0.25) is 23.6 Å². The number of nitrogens with two attached hydrogens (primary N) is 2. The number of carboxylic acids is 2. The van der Waals surface area contributed by atoms with E-state index in [9.17, 15) is 28.8 Å². The third-order valence-corrected chi connectivity index (χ3v) is 10.5. The van der Waals surface area contributed by atoms with Gasteiger partial charge >= 0.3 is 11.9 Å². The lowest BCUT2D eigenvalue weighted by Crippen LogP contribution is -2.69. The molecule has 19 nitrogen and oxygen atoms in total. The highest BCUT2D eigenvalue weighted by Crippen LogP contribution is 2.55. The molecule has 2 fully saturated rings. The van der Waals surface area contributed by atoms with Crippen molar-refractivity contribution in [2.75, 3.05) is 0 Å². The Morgan fingerprint density at radius 3 is 0.959 bits per heavy atom. The Bertz CT molecular complexity index is 1030. The van der Waals surface area contributed by atoms with Gasteiger partial charge in [-0.25, -0.2) is 0 Å². The summed E-state index contributed by atoms with van der Waals surface area (Å²) in [6.07, 6.45) is -1.03. The molecular formula is C28H60N6O13S2. The van der Waals surface area contributed by atoms with Crippen molar-refractivity contribution in [3.8, 4) is 0 Å². The monoisotopic (exact) mass is 752 g/mol. The van der Waals surface area contributed by atoms with Gasteiger partial charge in [-0.2, -0.15) is 0 Å². The second kappa shape index (κ2) is 21.0. The first kappa shape index (κ1) is 56.0. The van der Waals surface area contributed by atoms with Crippen molar-refractivity contribution >= 4 is 59.1 Å². The molecule has 20 N–H and O–H groups in total. The number of carbonyl (C=O) groups is 6. The van der Waals surface area contributed by atoms with E-state index in [-0.39, 0.29) is 58.5 Å². The second-order valence-corrected chi connectivity index (χ2v) is 18.0. The Labute approximate surface area is 295 Å². The number of hydrogen-bond acceptors (Lipinski definition) is 12. The highest BCUT2D eigenvalue weighted by Gasteiger charge is 2.55. The van der Waals surface area contributed by atoms with Gasteiger partial charge in [-0.1, -0.05) is 0 Å². The van der Waals surface area contributed by atoms with Crippen LogP contribution in [0.3, 0.4) is 0 Å². The van der Waals surface area contributed by atoms with E-state index >= 15 is 0 Å². The van der Waals surface area contributed by atoms with Crippen LogP contribution in [-0.4, -0.2) is 128 Å². The molecule has 2 saturated heterocycles. The SMILES string of the molecule is C[C@@H](NC1C(C)(C)SC1(C)C)C(=O)NC(=O)[C@@H](N)CC(=O)O.C[C@@H](NC1C(C)(C)SC1(C)C)C(=O)NC(=O)[C@@H](N)CC(=O)O.O.O.O.O.O. The summed E-state index contributed by atoms with van der Waals surface area (Å²) in [5.74, 6) is -4.93. The molecule has 2 aliphatic heterocycles. The van der Waals surface area contributed by atoms with E-state index in [4.69, 9.17) is 21.7 Å². The molecule has 0 aromatic heterocycles. The summed E-state index contributed by atoms with van der Waals surface area (Å²) in [6, 6.07) is -3.39. The third kappa shape index (κ3) is 16.0. The van der Waals surface area contributed by atoms with Gasteiger partial charge in [0.1, 0.15) is 0 Å².